The van der Waals surface area contributed by atoms with E-state index in [1.807, 2.05) is 0 Å². The lowest BCUT2D eigenvalue weighted by Crippen LogP contribution is -2.44. The zero-order valence-electron chi connectivity index (χ0n) is 10.1. The summed E-state index contributed by atoms with van der Waals surface area (Å²) in [6.07, 6.45) is 1.24. The van der Waals surface area contributed by atoms with Crippen LogP contribution in [-0.4, -0.2) is 49.6 Å². The average Bonchev–Trinajstić information content (AvgIpc) is 2.72. The number of nitrogens with zero attached hydrogens (tertiary/aromatic N) is 2. The van der Waals surface area contributed by atoms with Crippen LogP contribution in [0.25, 0.3) is 0 Å². The summed E-state index contributed by atoms with van der Waals surface area (Å²) in [6.45, 7) is 3.39. The van der Waals surface area contributed by atoms with Crippen molar-refractivity contribution in [1.82, 2.24) is 9.80 Å². The molecule has 0 aromatic carbocycles. The first kappa shape index (κ1) is 12.0. The first-order valence-electron chi connectivity index (χ1n) is 5.86. The van der Waals surface area contributed by atoms with Crippen LogP contribution >= 0.6 is 11.3 Å². The van der Waals surface area contributed by atoms with E-state index in [1.54, 1.807) is 11.3 Å². The Hall–Kier alpha value is -0.420. The van der Waals surface area contributed by atoms with Crippen molar-refractivity contribution in [2.24, 2.45) is 5.73 Å². The lowest BCUT2D eigenvalue weighted by molar-refractivity contribution is 0.198. The van der Waals surface area contributed by atoms with Gasteiger partial charge in [0.1, 0.15) is 0 Å². The second-order valence-corrected chi connectivity index (χ2v) is 5.68. The second kappa shape index (κ2) is 5.27. The topological polar surface area (TPSA) is 32.5 Å². The van der Waals surface area contributed by atoms with Crippen molar-refractivity contribution in [1.29, 1.82) is 0 Å². The SMILES string of the molecule is CN1CCCN(C)C(C(N)c2cccs2)C1. The van der Waals surface area contributed by atoms with Gasteiger partial charge in [0.25, 0.3) is 0 Å². The number of nitrogens with two attached hydrogens (primary N) is 1. The number of hydrogen-bond acceptors (Lipinski definition) is 4. The number of rotatable bonds is 2. The van der Waals surface area contributed by atoms with Crippen LogP contribution < -0.4 is 5.73 Å². The molecule has 2 atom stereocenters. The normalized spacial score (nSPS) is 26.6. The van der Waals surface area contributed by atoms with Gasteiger partial charge in [-0.05, 0) is 45.1 Å². The van der Waals surface area contributed by atoms with Crippen LogP contribution in [0.5, 0.6) is 0 Å². The molecule has 2 rings (SSSR count). The van der Waals surface area contributed by atoms with Crippen LogP contribution in [0.2, 0.25) is 0 Å². The molecule has 1 aromatic rings. The summed E-state index contributed by atoms with van der Waals surface area (Å²) >= 11 is 1.76. The van der Waals surface area contributed by atoms with Gasteiger partial charge in [0.15, 0.2) is 0 Å². The molecule has 0 aliphatic carbocycles. The molecule has 1 fully saturated rings. The highest BCUT2D eigenvalue weighted by molar-refractivity contribution is 7.10. The zero-order chi connectivity index (χ0) is 11.5. The standard InChI is InChI=1S/C12H21N3S/c1-14-6-4-7-15(2)10(9-14)12(13)11-5-3-8-16-11/h3,5,8,10,12H,4,6-7,9,13H2,1-2H3. The van der Waals surface area contributed by atoms with Gasteiger partial charge in [-0.3, -0.25) is 0 Å². The van der Waals surface area contributed by atoms with Crippen LogP contribution in [0.4, 0.5) is 0 Å². The van der Waals surface area contributed by atoms with Crippen molar-refractivity contribution in [2.45, 2.75) is 18.5 Å². The van der Waals surface area contributed by atoms with Crippen molar-refractivity contribution < 1.29 is 0 Å². The fraction of sp³-hybridized carbons (Fsp3) is 0.667. The molecular weight excluding hydrogens is 218 g/mol. The Bertz CT molecular complexity index is 312. The molecule has 0 radical (unpaired) electrons. The molecule has 0 saturated carbocycles. The molecule has 4 heteroatoms. The maximum Gasteiger partial charge on any atom is 0.0560 e. The summed E-state index contributed by atoms with van der Waals surface area (Å²) in [7, 11) is 4.38. The maximum absolute atomic E-state index is 6.38. The van der Waals surface area contributed by atoms with Crippen molar-refractivity contribution in [2.75, 3.05) is 33.7 Å². The molecule has 3 nitrogen and oxygen atoms in total. The molecular formula is C12H21N3S. The number of hydrogen-bond donors (Lipinski definition) is 1. The summed E-state index contributed by atoms with van der Waals surface area (Å²) in [5, 5.41) is 2.11. The highest BCUT2D eigenvalue weighted by Gasteiger charge is 2.27. The smallest absolute Gasteiger partial charge is 0.0560 e. The van der Waals surface area contributed by atoms with E-state index in [0.717, 1.165) is 13.1 Å². The van der Waals surface area contributed by atoms with Gasteiger partial charge in [-0.15, -0.1) is 11.3 Å². The Morgan fingerprint density at radius 3 is 2.94 bits per heavy atom. The third-order valence-corrected chi connectivity index (χ3v) is 4.38. The molecule has 1 aliphatic rings. The predicted octanol–water partition coefficient (Wildman–Crippen LogP) is 1.38. The Balaban J connectivity index is 2.10. The molecule has 16 heavy (non-hydrogen) atoms. The third-order valence-electron chi connectivity index (χ3n) is 3.40. The fourth-order valence-corrected chi connectivity index (χ4v) is 3.15. The van der Waals surface area contributed by atoms with Gasteiger partial charge in [-0.25, -0.2) is 0 Å². The average molecular weight is 239 g/mol. The minimum Gasteiger partial charge on any atom is -0.322 e. The molecule has 1 aliphatic heterocycles. The minimum atomic E-state index is 0.144. The Kier molecular flexibility index (Phi) is 3.97. The van der Waals surface area contributed by atoms with E-state index in [0.29, 0.717) is 6.04 Å². The Morgan fingerprint density at radius 2 is 2.25 bits per heavy atom. The number of thiophene rings is 1. The van der Waals surface area contributed by atoms with Gasteiger partial charge in [-0.1, -0.05) is 6.07 Å². The lowest BCUT2D eigenvalue weighted by Gasteiger charge is -2.31. The van der Waals surface area contributed by atoms with E-state index in [1.165, 1.54) is 17.8 Å². The quantitative estimate of drug-likeness (QED) is 0.846. The van der Waals surface area contributed by atoms with Crippen LogP contribution in [0.15, 0.2) is 17.5 Å². The molecule has 1 saturated heterocycles. The summed E-state index contributed by atoms with van der Waals surface area (Å²) in [6, 6.07) is 4.81. The van der Waals surface area contributed by atoms with Gasteiger partial charge in [-0.2, -0.15) is 0 Å². The third kappa shape index (κ3) is 2.63. The maximum atomic E-state index is 6.38. The van der Waals surface area contributed by atoms with E-state index >= 15 is 0 Å². The largest absolute Gasteiger partial charge is 0.322 e. The van der Waals surface area contributed by atoms with Crippen molar-refractivity contribution >= 4 is 11.3 Å². The fourth-order valence-electron chi connectivity index (χ4n) is 2.36. The van der Waals surface area contributed by atoms with Crippen molar-refractivity contribution in [3.8, 4) is 0 Å². The van der Waals surface area contributed by atoms with Crippen LogP contribution in [0, 0.1) is 0 Å². The Morgan fingerprint density at radius 1 is 1.44 bits per heavy atom. The van der Waals surface area contributed by atoms with Gasteiger partial charge < -0.3 is 15.5 Å². The van der Waals surface area contributed by atoms with E-state index in [4.69, 9.17) is 5.73 Å². The summed E-state index contributed by atoms with van der Waals surface area (Å²) in [4.78, 5) is 6.10. The molecule has 0 spiro atoms. The van der Waals surface area contributed by atoms with Gasteiger partial charge in [0.2, 0.25) is 0 Å². The van der Waals surface area contributed by atoms with Crippen LogP contribution in [-0.2, 0) is 0 Å². The van der Waals surface area contributed by atoms with Gasteiger partial charge >= 0.3 is 0 Å². The molecule has 0 amide bonds. The highest BCUT2D eigenvalue weighted by Crippen LogP contribution is 2.24. The minimum absolute atomic E-state index is 0.144. The molecule has 2 unspecified atom stereocenters. The highest BCUT2D eigenvalue weighted by atomic mass is 32.1. The first-order valence-corrected chi connectivity index (χ1v) is 6.74. The molecule has 2 N–H and O–H groups in total. The first-order chi connectivity index (χ1) is 7.68. The second-order valence-electron chi connectivity index (χ2n) is 4.70. The van der Waals surface area contributed by atoms with Crippen molar-refractivity contribution in [3.05, 3.63) is 22.4 Å². The summed E-state index contributed by atoms with van der Waals surface area (Å²) < 4.78 is 0. The summed E-state index contributed by atoms with van der Waals surface area (Å²) in [5.41, 5.74) is 6.38. The molecule has 1 aromatic heterocycles. The van der Waals surface area contributed by atoms with E-state index in [9.17, 15) is 0 Å². The zero-order valence-corrected chi connectivity index (χ0v) is 10.9. The lowest BCUT2D eigenvalue weighted by atomic mass is 10.1. The van der Waals surface area contributed by atoms with E-state index < -0.39 is 0 Å². The predicted molar refractivity (Wildman–Crippen MR) is 69.8 cm³/mol. The molecule has 90 valence electrons. The van der Waals surface area contributed by atoms with E-state index in [2.05, 4.69) is 41.4 Å². The van der Waals surface area contributed by atoms with Crippen LogP contribution in [0.1, 0.15) is 17.3 Å². The monoisotopic (exact) mass is 239 g/mol. The number of likely N-dealkylation sites (N-methyl/N-ethyl adjacent to an activating group) is 2. The van der Waals surface area contributed by atoms with Gasteiger partial charge in [0, 0.05) is 17.5 Å². The molecule has 0 bridgehead atoms. The van der Waals surface area contributed by atoms with Gasteiger partial charge in [0.05, 0.1) is 6.04 Å². The van der Waals surface area contributed by atoms with E-state index in [-0.39, 0.29) is 6.04 Å². The summed E-state index contributed by atoms with van der Waals surface area (Å²) in [5.74, 6) is 0. The van der Waals surface area contributed by atoms with Crippen LogP contribution in [0.3, 0.4) is 0 Å². The van der Waals surface area contributed by atoms with Crippen molar-refractivity contribution in [3.63, 3.8) is 0 Å². The molecule has 2 heterocycles. The Labute approximate surface area is 102 Å².